The van der Waals surface area contributed by atoms with Crippen LogP contribution in [0.25, 0.3) is 0 Å². The lowest BCUT2D eigenvalue weighted by molar-refractivity contribution is -0.136. The molecule has 0 aromatic carbocycles. The average molecular weight is 225 g/mol. The quantitative estimate of drug-likeness (QED) is 0.807. The maximum atomic E-state index is 12.4. The van der Waals surface area contributed by atoms with Crippen molar-refractivity contribution in [3.05, 3.63) is 21.9 Å². The second-order valence-corrected chi connectivity index (χ2v) is 4.06. The molecule has 0 fully saturated rings. The van der Waals surface area contributed by atoms with Gasteiger partial charge in [0.2, 0.25) is 0 Å². The number of halogens is 3. The van der Waals surface area contributed by atoms with E-state index in [1.54, 1.807) is 0 Å². The molecule has 1 aromatic rings. The largest absolute Gasteiger partial charge is 0.425 e. The van der Waals surface area contributed by atoms with Crippen LogP contribution < -0.4 is 5.73 Å². The second-order valence-electron chi connectivity index (χ2n) is 3.14. The van der Waals surface area contributed by atoms with Gasteiger partial charge in [-0.1, -0.05) is 0 Å². The van der Waals surface area contributed by atoms with Crippen LogP contribution in [-0.4, -0.2) is 11.7 Å². The molecule has 1 aromatic heterocycles. The second kappa shape index (κ2) is 3.52. The summed E-state index contributed by atoms with van der Waals surface area (Å²) in [5.41, 5.74) is 3.42. The van der Waals surface area contributed by atoms with Crippen LogP contribution in [0, 0.1) is 0 Å². The molecule has 6 heteroatoms. The predicted molar refractivity (Wildman–Crippen MR) is 47.9 cm³/mol. The van der Waals surface area contributed by atoms with Crippen molar-refractivity contribution >= 4 is 11.3 Å². The summed E-state index contributed by atoms with van der Waals surface area (Å²) in [4.78, 5) is -0.784. The summed E-state index contributed by atoms with van der Waals surface area (Å²) >= 11 is 0.558. The van der Waals surface area contributed by atoms with Gasteiger partial charge in [0.15, 0.2) is 0 Å². The molecular weight excluding hydrogens is 215 g/mol. The minimum Gasteiger partial charge on any atom is -0.384 e. The van der Waals surface area contributed by atoms with Gasteiger partial charge in [-0.3, -0.25) is 0 Å². The van der Waals surface area contributed by atoms with Crippen LogP contribution in [0.1, 0.15) is 17.4 Å². The van der Waals surface area contributed by atoms with Crippen LogP contribution >= 0.6 is 11.3 Å². The Morgan fingerprint density at radius 3 is 2.50 bits per heavy atom. The number of rotatable bonds is 2. The molecule has 80 valence electrons. The smallest absolute Gasteiger partial charge is 0.384 e. The van der Waals surface area contributed by atoms with Gasteiger partial charge in [0.25, 0.3) is 0 Å². The van der Waals surface area contributed by atoms with Crippen LogP contribution in [0.2, 0.25) is 0 Å². The predicted octanol–water partition coefficient (Wildman–Crippen LogP) is 1.93. The molecule has 1 atom stereocenters. The fraction of sp³-hybridized carbons (Fsp3) is 0.500. The highest BCUT2D eigenvalue weighted by molar-refractivity contribution is 7.10. The number of aliphatic hydroxyl groups is 1. The molecule has 3 N–H and O–H groups in total. The lowest BCUT2D eigenvalue weighted by atomic mass is 9.97. The van der Waals surface area contributed by atoms with Crippen molar-refractivity contribution in [1.82, 2.24) is 0 Å². The molecule has 0 aliphatic heterocycles. The van der Waals surface area contributed by atoms with Gasteiger partial charge in [0.1, 0.15) is 10.5 Å². The molecule has 0 saturated heterocycles. The van der Waals surface area contributed by atoms with Crippen molar-refractivity contribution in [3.63, 3.8) is 0 Å². The van der Waals surface area contributed by atoms with E-state index in [1.165, 1.54) is 18.4 Å². The number of hydrogen-bond donors (Lipinski definition) is 2. The van der Waals surface area contributed by atoms with E-state index in [2.05, 4.69) is 0 Å². The Labute approximate surface area is 83.2 Å². The van der Waals surface area contributed by atoms with Crippen molar-refractivity contribution in [2.45, 2.75) is 18.7 Å². The first kappa shape index (κ1) is 11.5. The Balaban J connectivity index is 3.18. The highest BCUT2D eigenvalue weighted by atomic mass is 32.1. The molecule has 0 amide bonds. The third kappa shape index (κ3) is 2.08. The lowest BCUT2D eigenvalue weighted by Gasteiger charge is -2.22. The summed E-state index contributed by atoms with van der Waals surface area (Å²) in [5, 5.41) is 10.9. The lowest BCUT2D eigenvalue weighted by Crippen LogP contribution is -2.32. The SMILES string of the molecule is CC(O)(CN)c1ccsc1C(F)(F)F. The fourth-order valence-corrected chi connectivity index (χ4v) is 1.95. The van der Waals surface area contributed by atoms with E-state index in [0.717, 1.165) is 0 Å². The van der Waals surface area contributed by atoms with E-state index in [9.17, 15) is 18.3 Å². The van der Waals surface area contributed by atoms with Crippen LogP contribution in [0.5, 0.6) is 0 Å². The summed E-state index contributed by atoms with van der Waals surface area (Å²) in [6, 6.07) is 1.25. The van der Waals surface area contributed by atoms with E-state index >= 15 is 0 Å². The maximum Gasteiger partial charge on any atom is 0.425 e. The molecule has 0 aliphatic rings. The first-order chi connectivity index (χ1) is 6.29. The molecular formula is C8H10F3NOS. The van der Waals surface area contributed by atoms with Crippen molar-refractivity contribution in [1.29, 1.82) is 0 Å². The third-order valence-corrected chi connectivity index (χ3v) is 2.86. The van der Waals surface area contributed by atoms with E-state index < -0.39 is 16.7 Å². The summed E-state index contributed by atoms with van der Waals surface area (Å²) < 4.78 is 37.2. The van der Waals surface area contributed by atoms with Crippen LogP contribution in [0.4, 0.5) is 13.2 Å². The van der Waals surface area contributed by atoms with Crippen molar-refractivity contribution < 1.29 is 18.3 Å². The Morgan fingerprint density at radius 2 is 2.07 bits per heavy atom. The standard InChI is InChI=1S/C8H10F3NOS/c1-7(13,4-12)5-2-3-14-6(5)8(9,10)11/h2-3,13H,4,12H2,1H3. The number of thiophene rings is 1. The zero-order valence-corrected chi connectivity index (χ0v) is 8.25. The first-order valence-corrected chi connectivity index (χ1v) is 4.74. The van der Waals surface area contributed by atoms with Gasteiger partial charge in [-0.25, -0.2) is 0 Å². The van der Waals surface area contributed by atoms with Crippen LogP contribution in [0.15, 0.2) is 11.4 Å². The summed E-state index contributed by atoms with van der Waals surface area (Å²) in [5.74, 6) is 0. The van der Waals surface area contributed by atoms with E-state index in [0.29, 0.717) is 11.3 Å². The molecule has 0 radical (unpaired) electrons. The Morgan fingerprint density at radius 1 is 1.50 bits per heavy atom. The van der Waals surface area contributed by atoms with Gasteiger partial charge in [-0.2, -0.15) is 13.2 Å². The number of hydrogen-bond acceptors (Lipinski definition) is 3. The Bertz CT molecular complexity index is 319. The monoisotopic (exact) mass is 225 g/mol. The molecule has 0 bridgehead atoms. The minimum absolute atomic E-state index is 0.155. The number of alkyl halides is 3. The highest BCUT2D eigenvalue weighted by Gasteiger charge is 2.39. The molecule has 1 rings (SSSR count). The van der Waals surface area contributed by atoms with Gasteiger partial charge in [0, 0.05) is 12.1 Å². The minimum atomic E-state index is -4.43. The van der Waals surface area contributed by atoms with Crippen molar-refractivity contribution in [2.24, 2.45) is 5.73 Å². The molecule has 1 unspecified atom stereocenters. The molecule has 0 aliphatic carbocycles. The summed E-state index contributed by atoms with van der Waals surface area (Å²) in [7, 11) is 0. The fourth-order valence-electron chi connectivity index (χ4n) is 1.06. The molecule has 14 heavy (non-hydrogen) atoms. The van der Waals surface area contributed by atoms with Crippen molar-refractivity contribution in [3.8, 4) is 0 Å². The topological polar surface area (TPSA) is 46.2 Å². The zero-order chi connectivity index (χ0) is 11.0. The van der Waals surface area contributed by atoms with Gasteiger partial charge >= 0.3 is 6.18 Å². The van der Waals surface area contributed by atoms with Gasteiger partial charge in [-0.05, 0) is 18.4 Å². The van der Waals surface area contributed by atoms with Crippen LogP contribution in [0.3, 0.4) is 0 Å². The summed E-state index contributed by atoms with van der Waals surface area (Å²) in [6.07, 6.45) is -4.43. The highest BCUT2D eigenvalue weighted by Crippen LogP contribution is 2.39. The molecule has 0 spiro atoms. The number of nitrogens with two attached hydrogens (primary N) is 1. The van der Waals surface area contributed by atoms with E-state index in [4.69, 9.17) is 5.73 Å². The van der Waals surface area contributed by atoms with E-state index in [-0.39, 0.29) is 12.1 Å². The normalized spacial score (nSPS) is 16.7. The van der Waals surface area contributed by atoms with Crippen molar-refractivity contribution in [2.75, 3.05) is 6.54 Å². The maximum absolute atomic E-state index is 12.4. The molecule has 1 heterocycles. The summed E-state index contributed by atoms with van der Waals surface area (Å²) in [6.45, 7) is 1.02. The Hall–Kier alpha value is -0.590. The molecule has 2 nitrogen and oxygen atoms in total. The molecule has 0 saturated carbocycles. The van der Waals surface area contributed by atoms with Crippen LogP contribution in [-0.2, 0) is 11.8 Å². The Kier molecular flexibility index (Phi) is 2.89. The third-order valence-electron chi connectivity index (χ3n) is 1.90. The van der Waals surface area contributed by atoms with Gasteiger partial charge < -0.3 is 10.8 Å². The van der Waals surface area contributed by atoms with Gasteiger partial charge in [-0.15, -0.1) is 11.3 Å². The first-order valence-electron chi connectivity index (χ1n) is 3.86. The zero-order valence-electron chi connectivity index (χ0n) is 7.43. The van der Waals surface area contributed by atoms with Gasteiger partial charge in [0.05, 0.1) is 0 Å². The van der Waals surface area contributed by atoms with E-state index in [1.807, 2.05) is 0 Å². The average Bonchev–Trinajstić information content (AvgIpc) is 2.51.